The standard InChI is InChI=1S/C21H27NO4S/c1-16-7-12-21(17(2)15-16)25-14-13-22-27(23,24)20-10-8-19(9-11-20)26-18-5-3-4-6-18/h7-12,15,18,22H,3-6,13-14H2,1-2H3. The number of sulfonamides is 1. The van der Waals surface area contributed by atoms with Gasteiger partial charge in [0.2, 0.25) is 10.0 Å². The lowest BCUT2D eigenvalue weighted by Gasteiger charge is -2.14. The van der Waals surface area contributed by atoms with Crippen molar-refractivity contribution in [3.63, 3.8) is 0 Å². The maximum Gasteiger partial charge on any atom is 0.240 e. The molecule has 0 amide bonds. The van der Waals surface area contributed by atoms with Gasteiger partial charge in [0.25, 0.3) is 0 Å². The van der Waals surface area contributed by atoms with E-state index in [0.29, 0.717) is 0 Å². The van der Waals surface area contributed by atoms with Crippen LogP contribution in [-0.2, 0) is 10.0 Å². The summed E-state index contributed by atoms with van der Waals surface area (Å²) in [6.45, 7) is 4.47. The molecule has 6 heteroatoms. The van der Waals surface area contributed by atoms with Gasteiger partial charge in [-0.05, 0) is 75.4 Å². The molecule has 1 aliphatic carbocycles. The number of hydrogen-bond donors (Lipinski definition) is 1. The molecule has 2 aromatic rings. The molecule has 1 fully saturated rings. The summed E-state index contributed by atoms with van der Waals surface area (Å²) in [5.41, 5.74) is 2.21. The number of ether oxygens (including phenoxy) is 2. The van der Waals surface area contributed by atoms with Crippen LogP contribution >= 0.6 is 0 Å². The van der Waals surface area contributed by atoms with Crippen LogP contribution in [-0.4, -0.2) is 27.7 Å². The van der Waals surface area contributed by atoms with Crippen LogP contribution in [0, 0.1) is 13.8 Å². The number of benzene rings is 2. The Morgan fingerprint density at radius 1 is 1.04 bits per heavy atom. The molecule has 3 rings (SSSR count). The smallest absolute Gasteiger partial charge is 0.240 e. The van der Waals surface area contributed by atoms with Crippen molar-refractivity contribution in [1.29, 1.82) is 0 Å². The average molecular weight is 390 g/mol. The summed E-state index contributed by atoms with van der Waals surface area (Å²) in [6, 6.07) is 12.5. The van der Waals surface area contributed by atoms with Crippen LogP contribution < -0.4 is 14.2 Å². The Bertz CT molecular complexity index is 856. The second-order valence-corrected chi connectivity index (χ2v) is 8.78. The van der Waals surface area contributed by atoms with Crippen LogP contribution in [0.3, 0.4) is 0 Å². The van der Waals surface area contributed by atoms with Crippen molar-refractivity contribution in [2.45, 2.75) is 50.5 Å². The normalized spacial score (nSPS) is 15.0. The van der Waals surface area contributed by atoms with Crippen LogP contribution in [0.4, 0.5) is 0 Å². The van der Waals surface area contributed by atoms with Crippen molar-refractivity contribution in [3.8, 4) is 11.5 Å². The molecule has 2 aromatic carbocycles. The van der Waals surface area contributed by atoms with E-state index in [9.17, 15) is 8.42 Å². The lowest BCUT2D eigenvalue weighted by Crippen LogP contribution is -2.28. The Morgan fingerprint density at radius 3 is 2.41 bits per heavy atom. The van der Waals surface area contributed by atoms with Crippen LogP contribution in [0.2, 0.25) is 0 Å². The van der Waals surface area contributed by atoms with E-state index in [1.807, 2.05) is 32.0 Å². The number of hydrogen-bond acceptors (Lipinski definition) is 4. The summed E-state index contributed by atoms with van der Waals surface area (Å²) in [5, 5.41) is 0. The van der Waals surface area contributed by atoms with Crippen LogP contribution in [0.1, 0.15) is 36.8 Å². The van der Waals surface area contributed by atoms with E-state index in [0.717, 1.165) is 29.9 Å². The van der Waals surface area contributed by atoms with Gasteiger partial charge >= 0.3 is 0 Å². The average Bonchev–Trinajstić information content (AvgIpc) is 3.14. The van der Waals surface area contributed by atoms with Gasteiger partial charge in [-0.3, -0.25) is 0 Å². The second-order valence-electron chi connectivity index (χ2n) is 7.01. The summed E-state index contributed by atoms with van der Waals surface area (Å²) >= 11 is 0. The highest BCUT2D eigenvalue weighted by Gasteiger charge is 2.17. The van der Waals surface area contributed by atoms with Crippen LogP contribution in [0.25, 0.3) is 0 Å². The third-order valence-electron chi connectivity index (χ3n) is 4.72. The quantitative estimate of drug-likeness (QED) is 0.694. The van der Waals surface area contributed by atoms with Gasteiger partial charge in [-0.25, -0.2) is 13.1 Å². The fourth-order valence-electron chi connectivity index (χ4n) is 3.28. The minimum absolute atomic E-state index is 0.204. The molecule has 146 valence electrons. The van der Waals surface area contributed by atoms with E-state index < -0.39 is 10.0 Å². The third kappa shape index (κ3) is 5.47. The first-order valence-electron chi connectivity index (χ1n) is 9.40. The molecule has 0 atom stereocenters. The molecule has 0 radical (unpaired) electrons. The molecule has 0 bridgehead atoms. The van der Waals surface area contributed by atoms with Crippen molar-refractivity contribution in [2.24, 2.45) is 0 Å². The lowest BCUT2D eigenvalue weighted by molar-refractivity contribution is 0.210. The van der Waals surface area contributed by atoms with E-state index >= 15 is 0 Å². The summed E-state index contributed by atoms with van der Waals surface area (Å²) in [5.74, 6) is 1.49. The number of rotatable bonds is 8. The maximum absolute atomic E-state index is 12.4. The highest BCUT2D eigenvalue weighted by atomic mass is 32.2. The van der Waals surface area contributed by atoms with Crippen molar-refractivity contribution >= 4 is 10.0 Å². The molecule has 0 aliphatic heterocycles. The van der Waals surface area contributed by atoms with Crippen LogP contribution in [0.5, 0.6) is 11.5 Å². The van der Waals surface area contributed by atoms with E-state index in [4.69, 9.17) is 9.47 Å². The SMILES string of the molecule is Cc1ccc(OCCNS(=O)(=O)c2ccc(OC3CCCC3)cc2)c(C)c1. The lowest BCUT2D eigenvalue weighted by atomic mass is 10.1. The Balaban J connectivity index is 1.50. The first kappa shape index (κ1) is 19.7. The topological polar surface area (TPSA) is 64.6 Å². The minimum atomic E-state index is -3.56. The largest absolute Gasteiger partial charge is 0.492 e. The van der Waals surface area contributed by atoms with Gasteiger partial charge in [0.1, 0.15) is 18.1 Å². The Labute approximate surface area is 161 Å². The molecule has 0 saturated heterocycles. The Morgan fingerprint density at radius 2 is 1.74 bits per heavy atom. The predicted molar refractivity (Wildman–Crippen MR) is 106 cm³/mol. The van der Waals surface area contributed by atoms with Gasteiger partial charge in [-0.1, -0.05) is 17.7 Å². The summed E-state index contributed by atoms with van der Waals surface area (Å²) in [7, 11) is -3.56. The molecule has 0 unspecified atom stereocenters. The molecular formula is C21H27NO4S. The minimum Gasteiger partial charge on any atom is -0.492 e. The summed E-state index contributed by atoms with van der Waals surface area (Å²) < 4.78 is 38.9. The molecule has 1 aliphatic rings. The monoisotopic (exact) mass is 389 g/mol. The zero-order valence-electron chi connectivity index (χ0n) is 15.9. The van der Waals surface area contributed by atoms with Gasteiger partial charge in [0, 0.05) is 6.54 Å². The van der Waals surface area contributed by atoms with E-state index in [1.54, 1.807) is 24.3 Å². The molecule has 5 nitrogen and oxygen atoms in total. The third-order valence-corrected chi connectivity index (χ3v) is 6.20. The van der Waals surface area contributed by atoms with Crippen molar-refractivity contribution in [2.75, 3.05) is 13.2 Å². The van der Waals surface area contributed by atoms with E-state index in [2.05, 4.69) is 4.72 Å². The molecule has 0 heterocycles. The summed E-state index contributed by atoms with van der Waals surface area (Å²) in [6.07, 6.45) is 4.80. The van der Waals surface area contributed by atoms with Gasteiger partial charge < -0.3 is 9.47 Å². The highest BCUT2D eigenvalue weighted by Crippen LogP contribution is 2.25. The Kier molecular flexibility index (Phi) is 6.39. The molecule has 27 heavy (non-hydrogen) atoms. The van der Waals surface area contributed by atoms with Crippen molar-refractivity contribution in [3.05, 3.63) is 53.6 Å². The van der Waals surface area contributed by atoms with Gasteiger partial charge in [0.15, 0.2) is 0 Å². The van der Waals surface area contributed by atoms with E-state index in [1.165, 1.54) is 18.4 Å². The Hall–Kier alpha value is -2.05. The maximum atomic E-state index is 12.4. The fraction of sp³-hybridized carbons (Fsp3) is 0.429. The molecule has 0 aromatic heterocycles. The highest BCUT2D eigenvalue weighted by molar-refractivity contribution is 7.89. The van der Waals surface area contributed by atoms with Crippen molar-refractivity contribution in [1.82, 2.24) is 4.72 Å². The number of nitrogens with one attached hydrogen (secondary N) is 1. The van der Waals surface area contributed by atoms with E-state index in [-0.39, 0.29) is 24.2 Å². The van der Waals surface area contributed by atoms with Crippen molar-refractivity contribution < 1.29 is 17.9 Å². The molecule has 0 spiro atoms. The van der Waals surface area contributed by atoms with Gasteiger partial charge in [-0.2, -0.15) is 0 Å². The molecule has 1 saturated carbocycles. The summed E-state index contributed by atoms with van der Waals surface area (Å²) in [4.78, 5) is 0.229. The molecule has 1 N–H and O–H groups in total. The zero-order valence-corrected chi connectivity index (χ0v) is 16.7. The van der Waals surface area contributed by atoms with Gasteiger partial charge in [-0.15, -0.1) is 0 Å². The molecular weight excluding hydrogens is 362 g/mol. The van der Waals surface area contributed by atoms with Gasteiger partial charge in [0.05, 0.1) is 11.0 Å². The fourth-order valence-corrected chi connectivity index (χ4v) is 4.29. The predicted octanol–water partition coefficient (Wildman–Crippen LogP) is 3.98. The number of aryl methyl sites for hydroxylation is 2. The first-order valence-corrected chi connectivity index (χ1v) is 10.9. The second kappa shape index (κ2) is 8.76. The first-order chi connectivity index (χ1) is 12.9. The van der Waals surface area contributed by atoms with Crippen LogP contribution in [0.15, 0.2) is 47.4 Å². The zero-order chi connectivity index (χ0) is 19.3.